The second-order valence-electron chi connectivity index (χ2n) is 2.53. The van der Waals surface area contributed by atoms with E-state index in [1.54, 1.807) is 0 Å². The number of hydrogen-bond donors (Lipinski definition) is 2. The van der Waals surface area contributed by atoms with Crippen molar-refractivity contribution in [1.82, 2.24) is 10.6 Å². The Bertz CT molecular complexity index is 187. The average molecular weight is 181 g/mol. The van der Waals surface area contributed by atoms with E-state index in [0.29, 0.717) is 6.54 Å². The predicted octanol–water partition coefficient (Wildman–Crippen LogP) is 0.486. The molecule has 0 radical (unpaired) electrons. The van der Waals surface area contributed by atoms with Gasteiger partial charge in [-0.3, -0.25) is 4.99 Å². The van der Waals surface area contributed by atoms with Crippen LogP contribution in [0.1, 0.15) is 6.42 Å². The van der Waals surface area contributed by atoms with Crippen molar-refractivity contribution in [3.8, 4) is 0 Å². The van der Waals surface area contributed by atoms with Gasteiger partial charge in [-0.1, -0.05) is 0 Å². The maximum atomic E-state index is 12.1. The van der Waals surface area contributed by atoms with Gasteiger partial charge >= 0.3 is 6.18 Å². The largest absolute Gasteiger partial charge is 0.408 e. The zero-order valence-electron chi connectivity index (χ0n) is 6.57. The van der Waals surface area contributed by atoms with Gasteiger partial charge in [0.1, 0.15) is 6.04 Å². The number of alkyl halides is 3. The molecule has 0 bridgehead atoms. The van der Waals surface area contributed by atoms with Crippen molar-refractivity contribution in [2.24, 2.45) is 4.99 Å². The van der Waals surface area contributed by atoms with Gasteiger partial charge < -0.3 is 10.6 Å². The van der Waals surface area contributed by atoms with Gasteiger partial charge in [-0.2, -0.15) is 13.2 Å². The van der Waals surface area contributed by atoms with Crippen LogP contribution >= 0.6 is 0 Å². The molecule has 0 amide bonds. The third-order valence-corrected chi connectivity index (χ3v) is 1.66. The molecule has 6 heteroatoms. The maximum Gasteiger partial charge on any atom is 0.408 e. The highest BCUT2D eigenvalue weighted by atomic mass is 19.4. The Morgan fingerprint density at radius 3 is 2.67 bits per heavy atom. The molecule has 0 aromatic heterocycles. The molecule has 1 heterocycles. The van der Waals surface area contributed by atoms with Crippen LogP contribution in [-0.2, 0) is 0 Å². The summed E-state index contributed by atoms with van der Waals surface area (Å²) in [5.41, 5.74) is 0. The van der Waals surface area contributed by atoms with E-state index in [2.05, 4.69) is 15.6 Å². The summed E-state index contributed by atoms with van der Waals surface area (Å²) in [6.07, 6.45) is -4.14. The highest BCUT2D eigenvalue weighted by Gasteiger charge is 2.41. The predicted molar refractivity (Wildman–Crippen MR) is 39.0 cm³/mol. The van der Waals surface area contributed by atoms with Crippen LogP contribution in [0.4, 0.5) is 13.2 Å². The Morgan fingerprint density at radius 2 is 2.17 bits per heavy atom. The quantitative estimate of drug-likeness (QED) is 0.570. The minimum atomic E-state index is -4.18. The Kier molecular flexibility index (Phi) is 2.44. The van der Waals surface area contributed by atoms with Crippen molar-refractivity contribution in [3.05, 3.63) is 0 Å². The SMILES string of the molecule is CN=C1NCCC(C(F)(F)F)N1. The van der Waals surface area contributed by atoms with Crippen molar-refractivity contribution in [1.29, 1.82) is 0 Å². The Labute approximate surface area is 68.0 Å². The van der Waals surface area contributed by atoms with Crippen molar-refractivity contribution in [2.45, 2.75) is 18.6 Å². The second-order valence-corrected chi connectivity index (χ2v) is 2.53. The highest BCUT2D eigenvalue weighted by molar-refractivity contribution is 5.80. The number of halogens is 3. The van der Waals surface area contributed by atoms with Crippen LogP contribution in [0, 0.1) is 0 Å². The third-order valence-electron chi connectivity index (χ3n) is 1.66. The van der Waals surface area contributed by atoms with E-state index in [0.717, 1.165) is 0 Å². The van der Waals surface area contributed by atoms with Crippen LogP contribution in [0.2, 0.25) is 0 Å². The Balaban J connectivity index is 2.58. The molecule has 0 spiro atoms. The molecule has 0 aromatic rings. The molecule has 70 valence electrons. The van der Waals surface area contributed by atoms with Crippen LogP contribution in [0.5, 0.6) is 0 Å². The molecular weight excluding hydrogens is 171 g/mol. The molecule has 2 N–H and O–H groups in total. The summed E-state index contributed by atoms with van der Waals surface area (Å²) in [6, 6.07) is -1.46. The summed E-state index contributed by atoms with van der Waals surface area (Å²) in [6.45, 7) is 0.309. The maximum absolute atomic E-state index is 12.1. The van der Waals surface area contributed by atoms with Gasteiger partial charge in [0.05, 0.1) is 0 Å². The van der Waals surface area contributed by atoms with E-state index >= 15 is 0 Å². The first-order chi connectivity index (χ1) is 5.54. The van der Waals surface area contributed by atoms with Gasteiger partial charge in [0.2, 0.25) is 0 Å². The first kappa shape index (κ1) is 9.15. The topological polar surface area (TPSA) is 36.4 Å². The number of guanidine groups is 1. The van der Waals surface area contributed by atoms with E-state index in [9.17, 15) is 13.2 Å². The van der Waals surface area contributed by atoms with Crippen molar-refractivity contribution >= 4 is 5.96 Å². The molecule has 1 aliphatic heterocycles. The molecule has 1 aliphatic rings. The zero-order chi connectivity index (χ0) is 9.19. The van der Waals surface area contributed by atoms with E-state index in [1.807, 2.05) is 0 Å². The van der Waals surface area contributed by atoms with E-state index in [1.165, 1.54) is 7.05 Å². The van der Waals surface area contributed by atoms with Crippen molar-refractivity contribution < 1.29 is 13.2 Å². The molecule has 1 unspecified atom stereocenters. The number of hydrogen-bond acceptors (Lipinski definition) is 1. The summed E-state index contributed by atoms with van der Waals surface area (Å²) in [4.78, 5) is 3.61. The molecule has 3 nitrogen and oxygen atoms in total. The number of rotatable bonds is 0. The van der Waals surface area contributed by atoms with Crippen LogP contribution in [0.25, 0.3) is 0 Å². The lowest BCUT2D eigenvalue weighted by molar-refractivity contribution is -0.154. The van der Waals surface area contributed by atoms with Crippen molar-refractivity contribution in [3.63, 3.8) is 0 Å². The molecule has 12 heavy (non-hydrogen) atoms. The average Bonchev–Trinajstić information content (AvgIpc) is 2.03. The van der Waals surface area contributed by atoms with Crippen LogP contribution in [0.15, 0.2) is 4.99 Å². The van der Waals surface area contributed by atoms with Gasteiger partial charge in [0.15, 0.2) is 5.96 Å². The fraction of sp³-hybridized carbons (Fsp3) is 0.833. The summed E-state index contributed by atoms with van der Waals surface area (Å²) in [5.74, 6) is 0.212. The van der Waals surface area contributed by atoms with E-state index in [-0.39, 0.29) is 12.4 Å². The van der Waals surface area contributed by atoms with Crippen LogP contribution in [-0.4, -0.2) is 31.8 Å². The fourth-order valence-electron chi connectivity index (χ4n) is 1.01. The zero-order valence-corrected chi connectivity index (χ0v) is 6.57. The van der Waals surface area contributed by atoms with Gasteiger partial charge in [0.25, 0.3) is 0 Å². The molecule has 0 aromatic carbocycles. The van der Waals surface area contributed by atoms with Gasteiger partial charge in [-0.15, -0.1) is 0 Å². The van der Waals surface area contributed by atoms with Crippen LogP contribution < -0.4 is 10.6 Å². The van der Waals surface area contributed by atoms with Crippen molar-refractivity contribution in [2.75, 3.05) is 13.6 Å². The molecule has 0 aliphatic carbocycles. The monoisotopic (exact) mass is 181 g/mol. The molecule has 0 saturated carbocycles. The minimum absolute atomic E-state index is 0.0442. The Hall–Kier alpha value is -0.940. The Morgan fingerprint density at radius 1 is 1.50 bits per heavy atom. The fourth-order valence-corrected chi connectivity index (χ4v) is 1.01. The first-order valence-electron chi connectivity index (χ1n) is 3.58. The lowest BCUT2D eigenvalue weighted by Crippen LogP contribution is -2.55. The summed E-state index contributed by atoms with van der Waals surface area (Å²) in [5, 5.41) is 4.97. The highest BCUT2D eigenvalue weighted by Crippen LogP contribution is 2.23. The lowest BCUT2D eigenvalue weighted by Gasteiger charge is -2.28. The molecule has 1 atom stereocenters. The lowest BCUT2D eigenvalue weighted by atomic mass is 10.2. The standard InChI is InChI=1S/C6H10F3N3/c1-10-5-11-3-2-4(12-5)6(7,8)9/h4H,2-3H2,1H3,(H2,10,11,12). The molecule has 1 saturated heterocycles. The third kappa shape index (κ3) is 2.02. The van der Waals surface area contributed by atoms with Crippen LogP contribution in [0.3, 0.4) is 0 Å². The normalized spacial score (nSPS) is 28.0. The van der Waals surface area contributed by atoms with Gasteiger partial charge in [-0.05, 0) is 6.42 Å². The first-order valence-corrected chi connectivity index (χ1v) is 3.58. The number of aliphatic imine (C=N–C) groups is 1. The molecular formula is C6H10F3N3. The molecule has 1 fully saturated rings. The minimum Gasteiger partial charge on any atom is -0.356 e. The van der Waals surface area contributed by atoms with Gasteiger partial charge in [0, 0.05) is 13.6 Å². The van der Waals surface area contributed by atoms with Gasteiger partial charge in [-0.25, -0.2) is 0 Å². The second kappa shape index (κ2) is 3.20. The summed E-state index contributed by atoms with van der Waals surface area (Å²) < 4.78 is 36.3. The van der Waals surface area contributed by atoms with E-state index < -0.39 is 12.2 Å². The number of nitrogens with zero attached hydrogens (tertiary/aromatic N) is 1. The smallest absolute Gasteiger partial charge is 0.356 e. The number of nitrogens with one attached hydrogen (secondary N) is 2. The van der Waals surface area contributed by atoms with E-state index in [4.69, 9.17) is 0 Å². The summed E-state index contributed by atoms with van der Waals surface area (Å²) >= 11 is 0. The molecule has 1 rings (SSSR count). The summed E-state index contributed by atoms with van der Waals surface area (Å²) in [7, 11) is 1.44.